The van der Waals surface area contributed by atoms with Gasteiger partial charge in [-0.3, -0.25) is 9.69 Å². The molecule has 5 rings (SSSR count). The SMILES string of the molecule is O=C(CC1CC2(CCN(Cc3ccoc3)CC2)c2ccccc21)N1CCOCC1.O=C(O)C(F)(F)F. The summed E-state index contributed by atoms with van der Waals surface area (Å²) in [6, 6.07) is 10.9. The maximum Gasteiger partial charge on any atom is 0.490 e. The van der Waals surface area contributed by atoms with E-state index in [9.17, 15) is 18.0 Å². The van der Waals surface area contributed by atoms with Gasteiger partial charge in [0.1, 0.15) is 0 Å². The first-order valence-electron chi connectivity index (χ1n) is 12.2. The molecule has 1 unspecified atom stereocenters. The number of hydrogen-bond acceptors (Lipinski definition) is 5. The molecule has 196 valence electrons. The molecular weight excluding hydrogens is 477 g/mol. The van der Waals surface area contributed by atoms with Gasteiger partial charge >= 0.3 is 12.1 Å². The Labute approximate surface area is 207 Å². The van der Waals surface area contributed by atoms with Gasteiger partial charge in [0.15, 0.2) is 0 Å². The molecular formula is C26H31F3N2O5. The van der Waals surface area contributed by atoms with Crippen molar-refractivity contribution < 1.29 is 37.0 Å². The summed E-state index contributed by atoms with van der Waals surface area (Å²) in [6.07, 6.45) is 2.61. The van der Waals surface area contributed by atoms with Crippen LogP contribution in [-0.4, -0.2) is 72.4 Å². The monoisotopic (exact) mass is 508 g/mol. The number of carbonyl (C=O) groups excluding carboxylic acids is 1. The van der Waals surface area contributed by atoms with E-state index < -0.39 is 12.1 Å². The maximum absolute atomic E-state index is 12.9. The number of aliphatic carboxylic acids is 1. The molecule has 7 nitrogen and oxygen atoms in total. The summed E-state index contributed by atoms with van der Waals surface area (Å²) in [7, 11) is 0. The molecule has 2 fully saturated rings. The third kappa shape index (κ3) is 6.10. The Kier molecular flexibility index (Phi) is 8.04. The standard InChI is InChI=1S/C24H30N2O3.C2HF3O2/c27-23(26-10-13-28-14-11-26)15-20-16-24(22-4-2-1-3-21(20)22)6-8-25(9-7-24)17-19-5-12-29-18-19;3-2(4,5)1(6)7/h1-5,12,18,20H,6-11,13-17H2;(H,6,7). The summed E-state index contributed by atoms with van der Waals surface area (Å²) in [5.74, 6) is -2.11. The molecule has 3 heterocycles. The van der Waals surface area contributed by atoms with Gasteiger partial charge in [0.05, 0.1) is 25.7 Å². The number of morpholine rings is 1. The third-order valence-corrected chi connectivity index (χ3v) is 7.44. The number of benzene rings is 1. The Balaban J connectivity index is 0.000000384. The van der Waals surface area contributed by atoms with Crippen molar-refractivity contribution in [1.82, 2.24) is 9.80 Å². The number of amides is 1. The van der Waals surface area contributed by atoms with E-state index in [1.807, 2.05) is 11.2 Å². The molecule has 1 N–H and O–H groups in total. The number of halogens is 3. The summed E-state index contributed by atoms with van der Waals surface area (Å²) >= 11 is 0. The average Bonchev–Trinajstić information content (AvgIpc) is 3.48. The van der Waals surface area contributed by atoms with Crippen LogP contribution in [0.3, 0.4) is 0 Å². The molecule has 10 heteroatoms. The van der Waals surface area contributed by atoms with Crippen LogP contribution in [0.15, 0.2) is 47.3 Å². The van der Waals surface area contributed by atoms with Crippen LogP contribution in [0.1, 0.15) is 48.3 Å². The molecule has 1 aromatic heterocycles. The van der Waals surface area contributed by atoms with E-state index in [0.717, 1.165) is 39.1 Å². The second-order valence-electron chi connectivity index (χ2n) is 9.68. The molecule has 2 aliphatic heterocycles. The highest BCUT2D eigenvalue weighted by atomic mass is 19.4. The quantitative estimate of drug-likeness (QED) is 0.667. The molecule has 2 saturated heterocycles. The molecule has 1 atom stereocenters. The Bertz CT molecular complexity index is 1030. The summed E-state index contributed by atoms with van der Waals surface area (Å²) in [4.78, 5) is 26.3. The predicted molar refractivity (Wildman–Crippen MR) is 124 cm³/mol. The van der Waals surface area contributed by atoms with Crippen LogP contribution in [0.2, 0.25) is 0 Å². The molecule has 2 aromatic rings. The number of likely N-dealkylation sites (tertiary alicyclic amines) is 1. The van der Waals surface area contributed by atoms with Gasteiger partial charge in [-0.05, 0) is 60.9 Å². The normalized spacial score (nSPS) is 21.5. The largest absolute Gasteiger partial charge is 0.490 e. The topological polar surface area (TPSA) is 83.2 Å². The van der Waals surface area contributed by atoms with Gasteiger partial charge in [-0.15, -0.1) is 0 Å². The van der Waals surface area contributed by atoms with Crippen molar-refractivity contribution in [3.8, 4) is 0 Å². The van der Waals surface area contributed by atoms with Crippen molar-refractivity contribution in [3.05, 3.63) is 59.5 Å². The number of carboxylic acid groups (broad SMARTS) is 1. The summed E-state index contributed by atoms with van der Waals surface area (Å²) in [6.45, 7) is 5.98. The number of carboxylic acids is 1. The average molecular weight is 509 g/mol. The highest BCUT2D eigenvalue weighted by Gasteiger charge is 2.45. The minimum Gasteiger partial charge on any atom is -0.475 e. The van der Waals surface area contributed by atoms with E-state index in [4.69, 9.17) is 19.1 Å². The molecule has 1 aromatic carbocycles. The molecule has 0 bridgehead atoms. The van der Waals surface area contributed by atoms with E-state index >= 15 is 0 Å². The lowest BCUT2D eigenvalue weighted by molar-refractivity contribution is -0.192. The Morgan fingerprint density at radius 1 is 1.06 bits per heavy atom. The van der Waals surface area contributed by atoms with E-state index in [1.54, 1.807) is 6.26 Å². The van der Waals surface area contributed by atoms with Gasteiger partial charge in [-0.1, -0.05) is 24.3 Å². The van der Waals surface area contributed by atoms with Crippen molar-refractivity contribution in [2.24, 2.45) is 0 Å². The summed E-state index contributed by atoms with van der Waals surface area (Å²) in [5, 5.41) is 7.12. The molecule has 36 heavy (non-hydrogen) atoms. The Morgan fingerprint density at radius 2 is 1.72 bits per heavy atom. The van der Waals surface area contributed by atoms with Gasteiger partial charge in [0, 0.05) is 31.6 Å². The smallest absolute Gasteiger partial charge is 0.475 e. The van der Waals surface area contributed by atoms with Crippen molar-refractivity contribution in [2.45, 2.75) is 49.7 Å². The van der Waals surface area contributed by atoms with Gasteiger partial charge in [0.25, 0.3) is 0 Å². The number of ether oxygens (including phenoxy) is 1. The summed E-state index contributed by atoms with van der Waals surface area (Å²) < 4.78 is 42.4. The number of rotatable bonds is 4. The first-order chi connectivity index (χ1) is 17.2. The van der Waals surface area contributed by atoms with E-state index in [-0.39, 0.29) is 5.41 Å². The fraction of sp³-hybridized carbons (Fsp3) is 0.538. The zero-order chi connectivity index (χ0) is 25.8. The van der Waals surface area contributed by atoms with Crippen molar-refractivity contribution in [3.63, 3.8) is 0 Å². The maximum atomic E-state index is 12.9. The fourth-order valence-corrected chi connectivity index (χ4v) is 5.62. The number of nitrogens with zero attached hydrogens (tertiary/aromatic N) is 2. The molecule has 1 spiro atoms. The number of hydrogen-bond donors (Lipinski definition) is 1. The van der Waals surface area contributed by atoms with Crippen LogP contribution >= 0.6 is 0 Å². The van der Waals surface area contributed by atoms with Gasteiger partial charge in [-0.25, -0.2) is 4.79 Å². The van der Waals surface area contributed by atoms with Gasteiger partial charge < -0.3 is 19.2 Å². The molecule has 0 saturated carbocycles. The van der Waals surface area contributed by atoms with Crippen LogP contribution in [0.25, 0.3) is 0 Å². The number of piperidine rings is 1. The fourth-order valence-electron chi connectivity index (χ4n) is 5.62. The van der Waals surface area contributed by atoms with Crippen LogP contribution in [0.4, 0.5) is 13.2 Å². The van der Waals surface area contributed by atoms with Crippen LogP contribution < -0.4 is 0 Å². The zero-order valence-corrected chi connectivity index (χ0v) is 20.0. The minimum absolute atomic E-state index is 0.236. The Morgan fingerprint density at radius 3 is 2.33 bits per heavy atom. The number of fused-ring (bicyclic) bond motifs is 2. The van der Waals surface area contributed by atoms with Gasteiger partial charge in [0.2, 0.25) is 5.91 Å². The minimum atomic E-state index is -5.08. The lowest BCUT2D eigenvalue weighted by Gasteiger charge is -2.40. The van der Waals surface area contributed by atoms with Gasteiger partial charge in [-0.2, -0.15) is 13.2 Å². The predicted octanol–water partition coefficient (Wildman–Crippen LogP) is 4.18. The van der Waals surface area contributed by atoms with E-state index in [2.05, 4.69) is 35.2 Å². The number of furan rings is 1. The lowest BCUT2D eigenvalue weighted by atomic mass is 9.73. The second kappa shape index (κ2) is 11.0. The molecule has 1 aliphatic carbocycles. The molecule has 0 radical (unpaired) electrons. The second-order valence-corrected chi connectivity index (χ2v) is 9.68. The number of carbonyl (C=O) groups is 2. The highest BCUT2D eigenvalue weighted by molar-refractivity contribution is 5.77. The first kappa shape index (κ1) is 26.2. The van der Waals surface area contributed by atoms with Crippen molar-refractivity contribution in [1.29, 1.82) is 0 Å². The Hall–Kier alpha value is -2.85. The lowest BCUT2D eigenvalue weighted by Crippen LogP contribution is -2.42. The third-order valence-electron chi connectivity index (χ3n) is 7.44. The molecule has 3 aliphatic rings. The van der Waals surface area contributed by atoms with E-state index in [0.29, 0.717) is 31.5 Å². The van der Waals surface area contributed by atoms with Crippen LogP contribution in [-0.2, 0) is 26.3 Å². The number of alkyl halides is 3. The first-order valence-corrected chi connectivity index (χ1v) is 12.2. The van der Waals surface area contributed by atoms with E-state index in [1.165, 1.54) is 29.5 Å². The summed E-state index contributed by atoms with van der Waals surface area (Å²) in [5.41, 5.74) is 4.40. The highest BCUT2D eigenvalue weighted by Crippen LogP contribution is 2.52. The van der Waals surface area contributed by atoms with Crippen molar-refractivity contribution >= 4 is 11.9 Å². The van der Waals surface area contributed by atoms with Crippen LogP contribution in [0.5, 0.6) is 0 Å². The molecule has 1 amide bonds. The zero-order valence-electron chi connectivity index (χ0n) is 20.0. The van der Waals surface area contributed by atoms with Crippen molar-refractivity contribution in [2.75, 3.05) is 39.4 Å². The van der Waals surface area contributed by atoms with Crippen LogP contribution in [0, 0.1) is 0 Å².